The topological polar surface area (TPSA) is 30.5 Å². The van der Waals surface area contributed by atoms with E-state index in [4.69, 9.17) is 9.47 Å². The summed E-state index contributed by atoms with van der Waals surface area (Å²) < 4.78 is 11.5. The molecule has 1 N–H and O–H groups in total. The van der Waals surface area contributed by atoms with E-state index in [2.05, 4.69) is 32.2 Å². The zero-order valence-corrected chi connectivity index (χ0v) is 12.3. The van der Waals surface area contributed by atoms with E-state index in [9.17, 15) is 0 Å². The summed E-state index contributed by atoms with van der Waals surface area (Å²) in [6, 6.07) is 6.13. The van der Waals surface area contributed by atoms with Crippen LogP contribution in [0, 0.1) is 5.41 Å². The Hall–Kier alpha value is -1.22. The number of fused-ring (bicyclic) bond motifs is 1. The van der Waals surface area contributed by atoms with Crippen molar-refractivity contribution in [2.45, 2.75) is 40.2 Å². The van der Waals surface area contributed by atoms with Gasteiger partial charge in [0.25, 0.3) is 0 Å². The number of benzene rings is 1. The average molecular weight is 263 g/mol. The molecule has 0 amide bonds. The van der Waals surface area contributed by atoms with Crippen LogP contribution in [0.2, 0.25) is 0 Å². The predicted octanol–water partition coefficient (Wildman–Crippen LogP) is 3.37. The van der Waals surface area contributed by atoms with Crippen LogP contribution in [0.1, 0.15) is 39.2 Å². The Morgan fingerprint density at radius 1 is 1.16 bits per heavy atom. The lowest BCUT2D eigenvalue weighted by Gasteiger charge is -2.18. The molecule has 1 aliphatic rings. The third kappa shape index (κ3) is 4.43. The molecule has 106 valence electrons. The van der Waals surface area contributed by atoms with Gasteiger partial charge in [-0.1, -0.05) is 32.9 Å². The second-order valence-electron chi connectivity index (χ2n) is 6.28. The molecule has 3 nitrogen and oxygen atoms in total. The van der Waals surface area contributed by atoms with Gasteiger partial charge in [0.2, 0.25) is 0 Å². The normalized spacial score (nSPS) is 15.1. The number of para-hydroxylation sites is 1. The molecule has 0 aromatic heterocycles. The van der Waals surface area contributed by atoms with Gasteiger partial charge in [-0.05, 0) is 24.4 Å². The Labute approximate surface area is 116 Å². The summed E-state index contributed by atoms with van der Waals surface area (Å²) in [4.78, 5) is 0. The molecule has 0 aliphatic carbocycles. The van der Waals surface area contributed by atoms with Gasteiger partial charge in [-0.25, -0.2) is 0 Å². The maximum atomic E-state index is 5.81. The largest absolute Gasteiger partial charge is 0.490 e. The first-order valence-electron chi connectivity index (χ1n) is 7.14. The molecule has 19 heavy (non-hydrogen) atoms. The highest BCUT2D eigenvalue weighted by Crippen LogP contribution is 2.33. The van der Waals surface area contributed by atoms with E-state index in [0.717, 1.165) is 44.2 Å². The molecule has 1 heterocycles. The highest BCUT2D eigenvalue weighted by atomic mass is 16.5. The van der Waals surface area contributed by atoms with Crippen LogP contribution < -0.4 is 14.8 Å². The molecule has 3 heteroatoms. The minimum Gasteiger partial charge on any atom is -0.490 e. The lowest BCUT2D eigenvalue weighted by molar-refractivity contribution is 0.295. The maximum absolute atomic E-state index is 5.81. The number of hydrogen-bond acceptors (Lipinski definition) is 3. The number of rotatable bonds is 4. The summed E-state index contributed by atoms with van der Waals surface area (Å²) in [5.74, 6) is 1.80. The Kier molecular flexibility index (Phi) is 4.70. The quantitative estimate of drug-likeness (QED) is 0.845. The van der Waals surface area contributed by atoms with Gasteiger partial charge < -0.3 is 14.8 Å². The summed E-state index contributed by atoms with van der Waals surface area (Å²) in [7, 11) is 0. The van der Waals surface area contributed by atoms with Crippen molar-refractivity contribution in [2.75, 3.05) is 19.8 Å². The summed E-state index contributed by atoms with van der Waals surface area (Å²) in [6.07, 6.45) is 2.12. The molecule has 0 spiro atoms. The van der Waals surface area contributed by atoms with E-state index in [-0.39, 0.29) is 0 Å². The highest BCUT2D eigenvalue weighted by molar-refractivity contribution is 5.46. The molecule has 0 saturated carbocycles. The van der Waals surface area contributed by atoms with Crippen molar-refractivity contribution < 1.29 is 9.47 Å². The standard InChI is InChI=1S/C16H25NO2/c1-16(2,3)8-9-17-12-13-6-4-7-14-15(13)19-11-5-10-18-14/h4,6-7,17H,5,8-12H2,1-3H3. The van der Waals surface area contributed by atoms with Crippen LogP contribution in [0.3, 0.4) is 0 Å². The number of nitrogens with one attached hydrogen (secondary N) is 1. The maximum Gasteiger partial charge on any atom is 0.165 e. The second-order valence-corrected chi connectivity index (χ2v) is 6.28. The first-order chi connectivity index (χ1) is 9.06. The lowest BCUT2D eigenvalue weighted by Crippen LogP contribution is -2.20. The second kappa shape index (κ2) is 6.29. The SMILES string of the molecule is CC(C)(C)CCNCc1cccc2c1OCCCO2. The first kappa shape index (κ1) is 14.2. The molecule has 2 rings (SSSR count). The minimum atomic E-state index is 0.375. The van der Waals surface area contributed by atoms with Gasteiger partial charge in [0, 0.05) is 18.5 Å². The van der Waals surface area contributed by atoms with Gasteiger partial charge in [0.05, 0.1) is 13.2 Å². The summed E-state index contributed by atoms with van der Waals surface area (Å²) in [6.45, 7) is 10.1. The van der Waals surface area contributed by atoms with Crippen molar-refractivity contribution >= 4 is 0 Å². The van der Waals surface area contributed by atoms with Gasteiger partial charge >= 0.3 is 0 Å². The molecule has 0 saturated heterocycles. The van der Waals surface area contributed by atoms with Gasteiger partial charge in [-0.15, -0.1) is 0 Å². The van der Waals surface area contributed by atoms with Gasteiger partial charge in [-0.2, -0.15) is 0 Å². The van der Waals surface area contributed by atoms with Crippen LogP contribution in [0.25, 0.3) is 0 Å². The fourth-order valence-corrected chi connectivity index (χ4v) is 2.08. The monoisotopic (exact) mass is 263 g/mol. The van der Waals surface area contributed by atoms with E-state index >= 15 is 0 Å². The third-order valence-electron chi connectivity index (χ3n) is 3.22. The van der Waals surface area contributed by atoms with Gasteiger partial charge in [-0.3, -0.25) is 0 Å². The minimum absolute atomic E-state index is 0.375. The van der Waals surface area contributed by atoms with Gasteiger partial charge in [0.1, 0.15) is 0 Å². The van der Waals surface area contributed by atoms with E-state index in [1.54, 1.807) is 0 Å². The number of hydrogen-bond donors (Lipinski definition) is 1. The third-order valence-corrected chi connectivity index (χ3v) is 3.22. The summed E-state index contributed by atoms with van der Waals surface area (Å²) >= 11 is 0. The van der Waals surface area contributed by atoms with Crippen molar-refractivity contribution in [2.24, 2.45) is 5.41 Å². The predicted molar refractivity (Wildman–Crippen MR) is 77.8 cm³/mol. The van der Waals surface area contributed by atoms with Crippen LogP contribution in [-0.2, 0) is 6.54 Å². The lowest BCUT2D eigenvalue weighted by atomic mass is 9.92. The molecular weight excluding hydrogens is 238 g/mol. The Morgan fingerprint density at radius 2 is 1.95 bits per heavy atom. The smallest absolute Gasteiger partial charge is 0.165 e. The zero-order chi connectivity index (χ0) is 13.7. The Balaban J connectivity index is 1.93. The molecule has 1 aliphatic heterocycles. The fourth-order valence-electron chi connectivity index (χ4n) is 2.08. The van der Waals surface area contributed by atoms with Crippen LogP contribution in [0.4, 0.5) is 0 Å². The summed E-state index contributed by atoms with van der Waals surface area (Å²) in [5.41, 5.74) is 1.56. The van der Waals surface area contributed by atoms with Crippen molar-refractivity contribution in [3.05, 3.63) is 23.8 Å². The first-order valence-corrected chi connectivity index (χ1v) is 7.14. The van der Waals surface area contributed by atoms with Gasteiger partial charge in [0.15, 0.2) is 11.5 Å². The van der Waals surface area contributed by atoms with Crippen LogP contribution >= 0.6 is 0 Å². The molecular formula is C16H25NO2. The van der Waals surface area contributed by atoms with Crippen molar-refractivity contribution in [3.8, 4) is 11.5 Å². The average Bonchev–Trinajstić information content (AvgIpc) is 2.59. The highest BCUT2D eigenvalue weighted by Gasteiger charge is 2.14. The van der Waals surface area contributed by atoms with E-state index in [1.807, 2.05) is 12.1 Å². The molecule has 0 atom stereocenters. The molecule has 1 aromatic carbocycles. The van der Waals surface area contributed by atoms with E-state index in [0.29, 0.717) is 5.41 Å². The van der Waals surface area contributed by atoms with Crippen LogP contribution in [0.15, 0.2) is 18.2 Å². The Morgan fingerprint density at radius 3 is 2.74 bits per heavy atom. The Bertz CT molecular complexity index is 410. The fraction of sp³-hybridized carbons (Fsp3) is 0.625. The molecule has 1 aromatic rings. The molecule has 0 fully saturated rings. The van der Waals surface area contributed by atoms with E-state index in [1.165, 1.54) is 12.0 Å². The zero-order valence-electron chi connectivity index (χ0n) is 12.3. The molecule has 0 radical (unpaired) electrons. The van der Waals surface area contributed by atoms with E-state index < -0.39 is 0 Å². The van der Waals surface area contributed by atoms with Crippen LogP contribution in [0.5, 0.6) is 11.5 Å². The van der Waals surface area contributed by atoms with Crippen molar-refractivity contribution in [1.29, 1.82) is 0 Å². The molecule has 0 bridgehead atoms. The summed E-state index contributed by atoms with van der Waals surface area (Å²) in [5, 5.41) is 3.49. The van der Waals surface area contributed by atoms with Crippen LogP contribution in [-0.4, -0.2) is 19.8 Å². The van der Waals surface area contributed by atoms with Crippen molar-refractivity contribution in [3.63, 3.8) is 0 Å². The molecule has 0 unspecified atom stereocenters. The van der Waals surface area contributed by atoms with Crippen molar-refractivity contribution in [1.82, 2.24) is 5.32 Å². The number of ether oxygens (including phenoxy) is 2.